The number of furan rings is 1. The van der Waals surface area contributed by atoms with Crippen molar-refractivity contribution in [2.75, 3.05) is 0 Å². The number of carbonyl (C=O) groups is 1. The summed E-state index contributed by atoms with van der Waals surface area (Å²) in [5.41, 5.74) is 1.01. The van der Waals surface area contributed by atoms with Crippen LogP contribution >= 0.6 is 0 Å². The highest BCUT2D eigenvalue weighted by molar-refractivity contribution is 6.08. The summed E-state index contributed by atoms with van der Waals surface area (Å²) in [5.74, 6) is -1.73. The number of aryl methyl sites for hydroxylation is 1. The molecule has 8 nitrogen and oxygen atoms in total. The van der Waals surface area contributed by atoms with Crippen LogP contribution in [0.4, 0.5) is 5.88 Å². The molecule has 3 rings (SSSR count). The number of nitrogens with zero attached hydrogens (tertiary/aromatic N) is 2. The number of rotatable bonds is 3. The lowest BCUT2D eigenvalue weighted by Gasteiger charge is -1.97. The van der Waals surface area contributed by atoms with Gasteiger partial charge < -0.3 is 8.83 Å². The first kappa shape index (κ1) is 12.9. The van der Waals surface area contributed by atoms with Crippen LogP contribution in [0.3, 0.4) is 0 Å². The minimum Gasteiger partial charge on any atom is -0.408 e. The first-order chi connectivity index (χ1) is 9.97. The SMILES string of the molecule is Cn1c(=O)oc2cc(C(=O)c3ccc([N+](=O)[O-])o3)ccc21. The number of hydrogen-bond donors (Lipinski definition) is 0. The molecule has 0 amide bonds. The zero-order valence-electron chi connectivity index (χ0n) is 10.7. The summed E-state index contributed by atoms with van der Waals surface area (Å²) in [6, 6.07) is 6.78. The van der Waals surface area contributed by atoms with E-state index in [1.807, 2.05) is 0 Å². The average molecular weight is 288 g/mol. The third kappa shape index (κ3) is 2.02. The first-order valence-electron chi connectivity index (χ1n) is 5.86. The zero-order chi connectivity index (χ0) is 15.1. The molecule has 0 spiro atoms. The van der Waals surface area contributed by atoms with E-state index in [0.717, 1.165) is 6.07 Å². The van der Waals surface area contributed by atoms with Crippen molar-refractivity contribution in [3.63, 3.8) is 0 Å². The normalized spacial score (nSPS) is 10.9. The Labute approximate surface area is 116 Å². The Kier molecular flexibility index (Phi) is 2.72. The van der Waals surface area contributed by atoms with Crippen LogP contribution in [0.15, 0.2) is 44.0 Å². The number of hydrogen-bond acceptors (Lipinski definition) is 6. The first-order valence-corrected chi connectivity index (χ1v) is 5.86. The van der Waals surface area contributed by atoms with Gasteiger partial charge in [-0.15, -0.1) is 0 Å². The van der Waals surface area contributed by atoms with Gasteiger partial charge >= 0.3 is 11.6 Å². The van der Waals surface area contributed by atoms with Gasteiger partial charge in [0, 0.05) is 12.6 Å². The van der Waals surface area contributed by atoms with Crippen LogP contribution in [0.1, 0.15) is 16.1 Å². The average Bonchev–Trinajstić information content (AvgIpc) is 3.04. The molecule has 0 N–H and O–H groups in total. The second-order valence-corrected chi connectivity index (χ2v) is 4.33. The summed E-state index contributed by atoms with van der Waals surface area (Å²) < 4.78 is 11.1. The van der Waals surface area contributed by atoms with Crippen LogP contribution in [0.25, 0.3) is 11.1 Å². The third-order valence-electron chi connectivity index (χ3n) is 3.05. The van der Waals surface area contributed by atoms with Crippen LogP contribution in [0.5, 0.6) is 0 Å². The van der Waals surface area contributed by atoms with E-state index in [1.54, 1.807) is 13.1 Å². The lowest BCUT2D eigenvalue weighted by atomic mass is 10.1. The number of ketones is 1. The second kappa shape index (κ2) is 4.44. The zero-order valence-corrected chi connectivity index (χ0v) is 10.7. The van der Waals surface area contributed by atoms with Gasteiger partial charge in [-0.3, -0.25) is 19.5 Å². The van der Waals surface area contributed by atoms with E-state index in [1.165, 1.54) is 22.8 Å². The number of benzene rings is 1. The summed E-state index contributed by atoms with van der Waals surface area (Å²) in [6.07, 6.45) is 0. The predicted molar refractivity (Wildman–Crippen MR) is 70.2 cm³/mol. The maximum Gasteiger partial charge on any atom is 0.433 e. The maximum absolute atomic E-state index is 12.2. The molecule has 0 aliphatic carbocycles. The quantitative estimate of drug-likeness (QED) is 0.413. The molecule has 0 aliphatic rings. The molecule has 2 aromatic heterocycles. The summed E-state index contributed by atoms with van der Waals surface area (Å²) >= 11 is 0. The van der Waals surface area contributed by atoms with Crippen molar-refractivity contribution in [1.29, 1.82) is 0 Å². The van der Waals surface area contributed by atoms with Crippen molar-refractivity contribution < 1.29 is 18.6 Å². The molecule has 0 fully saturated rings. The van der Waals surface area contributed by atoms with Crippen molar-refractivity contribution >= 4 is 22.8 Å². The molecule has 0 unspecified atom stereocenters. The summed E-state index contributed by atoms with van der Waals surface area (Å²) in [7, 11) is 1.55. The monoisotopic (exact) mass is 288 g/mol. The Morgan fingerprint density at radius 3 is 2.67 bits per heavy atom. The van der Waals surface area contributed by atoms with E-state index < -0.39 is 22.3 Å². The van der Waals surface area contributed by atoms with Crippen LogP contribution < -0.4 is 5.76 Å². The third-order valence-corrected chi connectivity index (χ3v) is 3.05. The predicted octanol–water partition coefficient (Wildman–Crippen LogP) is 1.86. The number of fused-ring (bicyclic) bond motifs is 1. The van der Waals surface area contributed by atoms with E-state index in [4.69, 9.17) is 8.83 Å². The van der Waals surface area contributed by atoms with Crippen LogP contribution in [0, 0.1) is 10.1 Å². The van der Waals surface area contributed by atoms with E-state index in [0.29, 0.717) is 5.52 Å². The number of carbonyl (C=O) groups excluding carboxylic acids is 1. The summed E-state index contributed by atoms with van der Waals surface area (Å²) in [6.45, 7) is 0. The fourth-order valence-corrected chi connectivity index (χ4v) is 1.97. The van der Waals surface area contributed by atoms with Gasteiger partial charge in [-0.1, -0.05) is 0 Å². The second-order valence-electron chi connectivity index (χ2n) is 4.33. The maximum atomic E-state index is 12.2. The van der Waals surface area contributed by atoms with Gasteiger partial charge in [-0.25, -0.2) is 4.79 Å². The fourth-order valence-electron chi connectivity index (χ4n) is 1.97. The van der Waals surface area contributed by atoms with Crippen molar-refractivity contribution in [2.45, 2.75) is 0 Å². The lowest BCUT2D eigenvalue weighted by Crippen LogP contribution is -2.08. The molecule has 21 heavy (non-hydrogen) atoms. The molecule has 0 saturated carbocycles. The van der Waals surface area contributed by atoms with Crippen molar-refractivity contribution in [1.82, 2.24) is 4.57 Å². The van der Waals surface area contributed by atoms with Gasteiger partial charge in [0.05, 0.1) is 11.6 Å². The molecule has 8 heteroatoms. The van der Waals surface area contributed by atoms with Crippen molar-refractivity contribution in [3.8, 4) is 0 Å². The Bertz CT molecular complexity index is 930. The van der Waals surface area contributed by atoms with E-state index in [2.05, 4.69) is 0 Å². The lowest BCUT2D eigenvalue weighted by molar-refractivity contribution is -0.402. The van der Waals surface area contributed by atoms with Crippen molar-refractivity contribution in [3.05, 3.63) is 62.3 Å². The number of aromatic nitrogens is 1. The van der Waals surface area contributed by atoms with Gasteiger partial charge in [-0.05, 0) is 24.3 Å². The molecule has 1 aromatic carbocycles. The van der Waals surface area contributed by atoms with Crippen LogP contribution in [-0.2, 0) is 7.05 Å². The van der Waals surface area contributed by atoms with Gasteiger partial charge in [0.1, 0.15) is 4.92 Å². The minimum absolute atomic E-state index is 0.153. The van der Waals surface area contributed by atoms with Gasteiger partial charge in [-0.2, -0.15) is 0 Å². The minimum atomic E-state index is -0.726. The molecule has 2 heterocycles. The Hall–Kier alpha value is -3.16. The Morgan fingerprint density at radius 2 is 2.00 bits per heavy atom. The highest BCUT2D eigenvalue weighted by atomic mass is 16.6. The van der Waals surface area contributed by atoms with Crippen LogP contribution in [-0.4, -0.2) is 15.3 Å². The molecule has 106 valence electrons. The van der Waals surface area contributed by atoms with E-state index in [-0.39, 0.29) is 16.9 Å². The summed E-state index contributed by atoms with van der Waals surface area (Å²) in [4.78, 5) is 33.4. The van der Waals surface area contributed by atoms with Gasteiger partial charge in [0.2, 0.25) is 5.78 Å². The molecular weight excluding hydrogens is 280 g/mol. The highest BCUT2D eigenvalue weighted by Gasteiger charge is 2.19. The van der Waals surface area contributed by atoms with Crippen molar-refractivity contribution in [2.24, 2.45) is 7.05 Å². The number of nitro groups is 1. The van der Waals surface area contributed by atoms with Gasteiger partial charge in [0.25, 0.3) is 0 Å². The fraction of sp³-hybridized carbons (Fsp3) is 0.0769. The molecule has 3 aromatic rings. The molecule has 0 atom stereocenters. The van der Waals surface area contributed by atoms with Crippen LogP contribution in [0.2, 0.25) is 0 Å². The standard InChI is InChI=1S/C13H8N2O6/c1-14-8-3-2-7(6-10(8)21-13(14)17)12(16)9-4-5-11(20-9)15(18)19/h2-6H,1H3. The van der Waals surface area contributed by atoms with E-state index >= 15 is 0 Å². The molecular formula is C13H8N2O6. The Morgan fingerprint density at radius 1 is 1.24 bits per heavy atom. The summed E-state index contributed by atoms with van der Waals surface area (Å²) in [5, 5.41) is 10.5. The smallest absolute Gasteiger partial charge is 0.408 e. The topological polar surface area (TPSA) is 108 Å². The molecule has 0 bridgehead atoms. The molecule has 0 radical (unpaired) electrons. The molecule has 0 aliphatic heterocycles. The highest BCUT2D eigenvalue weighted by Crippen LogP contribution is 2.21. The largest absolute Gasteiger partial charge is 0.433 e. The van der Waals surface area contributed by atoms with E-state index in [9.17, 15) is 19.7 Å². The van der Waals surface area contributed by atoms with Gasteiger partial charge in [0.15, 0.2) is 11.3 Å². The Balaban J connectivity index is 2.04. The number of oxazole rings is 1. The molecule has 0 saturated heterocycles.